The van der Waals surface area contributed by atoms with E-state index in [4.69, 9.17) is 4.74 Å². The second kappa shape index (κ2) is 10.4. The molecule has 1 aromatic carbocycles. The van der Waals surface area contributed by atoms with E-state index in [9.17, 15) is 22.1 Å². The lowest BCUT2D eigenvalue weighted by Crippen LogP contribution is -2.47. The maximum atomic E-state index is 12.8. The largest absolute Gasteiger partial charge is 0.673 e. The normalized spacial score (nSPS) is 11.4. The topological polar surface area (TPSA) is 43.1 Å². The third kappa shape index (κ3) is 7.18. The molecule has 0 aliphatic carbocycles. The van der Waals surface area contributed by atoms with E-state index >= 15 is 0 Å². The monoisotopic (exact) mass is 448 g/mol. The van der Waals surface area contributed by atoms with Gasteiger partial charge >= 0.3 is 19.0 Å². The predicted molar refractivity (Wildman–Crippen MR) is 116 cm³/mol. The van der Waals surface area contributed by atoms with E-state index in [1.54, 1.807) is 6.20 Å². The van der Waals surface area contributed by atoms with Gasteiger partial charge in [0.05, 0.1) is 6.61 Å². The molecule has 3 aromatic rings. The van der Waals surface area contributed by atoms with Crippen LogP contribution < -0.4 is 4.57 Å². The van der Waals surface area contributed by atoms with Gasteiger partial charge in [0.1, 0.15) is 11.9 Å². The van der Waals surface area contributed by atoms with Gasteiger partial charge in [-0.15, -0.1) is 0 Å². The van der Waals surface area contributed by atoms with Crippen LogP contribution in [0.5, 0.6) is 0 Å². The van der Waals surface area contributed by atoms with Crippen molar-refractivity contribution >= 4 is 13.2 Å². The highest BCUT2D eigenvalue weighted by Crippen LogP contribution is 2.27. The number of benzene rings is 1. The maximum Gasteiger partial charge on any atom is 0.673 e. The van der Waals surface area contributed by atoms with E-state index in [2.05, 4.69) is 31.8 Å². The van der Waals surface area contributed by atoms with Crippen molar-refractivity contribution in [1.29, 1.82) is 0 Å². The summed E-state index contributed by atoms with van der Waals surface area (Å²) in [5, 5.41) is 0. The van der Waals surface area contributed by atoms with Crippen LogP contribution in [0.25, 0.3) is 16.9 Å². The first-order valence-electron chi connectivity index (χ1n) is 10.0. The Kier molecular flexibility index (Phi) is 8.13. The number of halogens is 4. The van der Waals surface area contributed by atoms with Crippen LogP contribution in [0.15, 0.2) is 66.9 Å². The van der Waals surface area contributed by atoms with Crippen molar-refractivity contribution in [3.8, 4) is 16.9 Å². The van der Waals surface area contributed by atoms with Crippen LogP contribution in [0.2, 0.25) is 0 Å². The van der Waals surface area contributed by atoms with Gasteiger partial charge in [0.2, 0.25) is 5.69 Å². The Balaban J connectivity index is 0.000000654. The lowest BCUT2D eigenvalue weighted by atomic mass is 9.88. The molecular formula is C23H25BF4N2O2. The Morgan fingerprint density at radius 3 is 2.06 bits per heavy atom. The fourth-order valence-electron chi connectivity index (χ4n) is 3.03. The summed E-state index contributed by atoms with van der Waals surface area (Å²) in [4.78, 5) is 17.3. The molecule has 0 unspecified atom stereocenters. The molecule has 0 saturated carbocycles. The molecule has 0 fully saturated rings. The van der Waals surface area contributed by atoms with E-state index in [-0.39, 0.29) is 11.4 Å². The van der Waals surface area contributed by atoms with Gasteiger partial charge in [-0.25, -0.2) is 4.79 Å². The summed E-state index contributed by atoms with van der Waals surface area (Å²) in [6.07, 6.45) is 1.73. The zero-order valence-electron chi connectivity index (χ0n) is 18.4. The average Bonchev–Trinajstić information content (AvgIpc) is 2.72. The molecule has 0 N–H and O–H groups in total. The van der Waals surface area contributed by atoms with Crippen LogP contribution in [0.1, 0.15) is 43.9 Å². The number of esters is 1. The first-order valence-corrected chi connectivity index (χ1v) is 10.0. The van der Waals surface area contributed by atoms with Crippen LogP contribution in [0.4, 0.5) is 17.3 Å². The highest BCUT2D eigenvalue weighted by Gasteiger charge is 2.31. The van der Waals surface area contributed by atoms with Gasteiger partial charge in [-0.3, -0.25) is 0 Å². The van der Waals surface area contributed by atoms with Gasteiger partial charge in [0.25, 0.3) is 0 Å². The molecule has 32 heavy (non-hydrogen) atoms. The molecule has 0 atom stereocenters. The molecule has 170 valence electrons. The second-order valence-corrected chi connectivity index (χ2v) is 7.87. The molecule has 0 amide bonds. The lowest BCUT2D eigenvalue weighted by molar-refractivity contribution is -0.615. The molecule has 0 radical (unpaired) electrons. The summed E-state index contributed by atoms with van der Waals surface area (Å²) in [7, 11) is -6.00. The number of aromatic nitrogens is 2. The highest BCUT2D eigenvalue weighted by atomic mass is 19.5. The minimum atomic E-state index is -6.00. The molecule has 3 rings (SSSR count). The molecular weight excluding hydrogens is 423 g/mol. The van der Waals surface area contributed by atoms with Gasteiger partial charge in [-0.05, 0) is 35.2 Å². The van der Waals surface area contributed by atoms with Gasteiger partial charge in [0, 0.05) is 17.5 Å². The van der Waals surface area contributed by atoms with Crippen LogP contribution in [-0.4, -0.2) is 24.8 Å². The summed E-state index contributed by atoms with van der Waals surface area (Å²) in [6, 6.07) is 19.8. The number of hydrogen-bond donors (Lipinski definition) is 0. The van der Waals surface area contributed by atoms with Crippen molar-refractivity contribution < 1.29 is 31.4 Å². The van der Waals surface area contributed by atoms with Gasteiger partial charge in [-0.2, -0.15) is 4.57 Å². The van der Waals surface area contributed by atoms with Crippen LogP contribution >= 0.6 is 0 Å². The number of hydrogen-bond acceptors (Lipinski definition) is 3. The van der Waals surface area contributed by atoms with Crippen molar-refractivity contribution in [3.05, 3.63) is 78.2 Å². The van der Waals surface area contributed by atoms with Gasteiger partial charge in [-0.1, -0.05) is 57.2 Å². The number of ether oxygens (including phenoxy) is 1. The Labute approximate surface area is 185 Å². The third-order valence-electron chi connectivity index (χ3n) is 4.30. The molecule has 9 heteroatoms. The number of carbonyl (C=O) groups is 1. The van der Waals surface area contributed by atoms with E-state index < -0.39 is 7.25 Å². The molecule has 0 bridgehead atoms. The summed E-state index contributed by atoms with van der Waals surface area (Å²) >= 11 is 0. The molecule has 0 aliphatic rings. The number of carbonyl (C=O) groups excluding carboxylic acids is 1. The molecule has 0 aliphatic heterocycles. The summed E-state index contributed by atoms with van der Waals surface area (Å²) in [6.45, 7) is 8.53. The van der Waals surface area contributed by atoms with E-state index in [1.807, 2.05) is 66.1 Å². The molecule has 4 nitrogen and oxygen atoms in total. The van der Waals surface area contributed by atoms with E-state index in [0.29, 0.717) is 18.1 Å². The summed E-state index contributed by atoms with van der Waals surface area (Å²) < 4.78 is 46.3. The quantitative estimate of drug-likeness (QED) is 0.219. The summed E-state index contributed by atoms with van der Waals surface area (Å²) in [5.41, 5.74) is 3.30. The fraction of sp³-hybridized carbons (Fsp3) is 0.261. The number of pyridine rings is 2. The molecule has 2 heterocycles. The number of rotatable bonds is 4. The second-order valence-electron chi connectivity index (χ2n) is 7.87. The molecule has 0 spiro atoms. The van der Waals surface area contributed by atoms with Crippen LogP contribution in [-0.2, 0) is 10.2 Å². The van der Waals surface area contributed by atoms with E-state index in [1.165, 1.54) is 0 Å². The minimum Gasteiger partial charge on any atom is -0.460 e. The minimum absolute atomic E-state index is 0.205. The number of nitrogens with zero attached hydrogens (tertiary/aromatic N) is 2. The van der Waals surface area contributed by atoms with Gasteiger partial charge in [0.15, 0.2) is 0 Å². The smallest absolute Gasteiger partial charge is 0.460 e. The third-order valence-corrected chi connectivity index (χ3v) is 4.30. The van der Waals surface area contributed by atoms with Crippen molar-refractivity contribution in [2.45, 2.75) is 33.1 Å². The highest BCUT2D eigenvalue weighted by molar-refractivity contribution is 6.50. The van der Waals surface area contributed by atoms with Crippen molar-refractivity contribution in [3.63, 3.8) is 0 Å². The molecule has 2 aromatic heterocycles. The average molecular weight is 448 g/mol. The first-order chi connectivity index (χ1) is 14.9. The van der Waals surface area contributed by atoms with Crippen LogP contribution in [0, 0.1) is 0 Å². The first kappa shape index (κ1) is 25.0. The van der Waals surface area contributed by atoms with Crippen LogP contribution in [0.3, 0.4) is 0 Å². The van der Waals surface area contributed by atoms with E-state index in [0.717, 1.165) is 16.8 Å². The summed E-state index contributed by atoms with van der Waals surface area (Å²) in [5.74, 6) is 0.344. The Hall–Kier alpha value is -3.23. The zero-order valence-corrected chi connectivity index (χ0v) is 18.4. The zero-order chi connectivity index (χ0) is 23.9. The standard InChI is InChI=1S/C23H25N2O2.BF4/c1-5-27-22(26)19-15-18(17-11-7-6-8-12-17)16-20(23(2,3)4)25(19)21-13-9-10-14-24-21;2-1(3,4)5/h6-16H,5H2,1-4H3;/q+1;-1. The Morgan fingerprint density at radius 2 is 1.56 bits per heavy atom. The van der Waals surface area contributed by atoms with Gasteiger partial charge < -0.3 is 22.0 Å². The predicted octanol–water partition coefficient (Wildman–Crippen LogP) is 5.80. The van der Waals surface area contributed by atoms with Crippen molar-refractivity contribution in [2.24, 2.45) is 0 Å². The maximum absolute atomic E-state index is 12.8. The SMILES string of the molecule is CCOC(=O)c1cc(-c2ccccc2)cc(C(C)(C)C)[n+]1-c1ccccn1.F[B-](F)(F)F. The lowest BCUT2D eigenvalue weighted by Gasteiger charge is -2.22. The van der Waals surface area contributed by atoms with Crippen molar-refractivity contribution in [2.75, 3.05) is 6.61 Å². The Morgan fingerprint density at radius 1 is 0.969 bits per heavy atom. The Bertz CT molecular complexity index is 1030. The fourth-order valence-corrected chi connectivity index (χ4v) is 3.03. The van der Waals surface area contributed by atoms with Crippen molar-refractivity contribution in [1.82, 2.24) is 4.98 Å². The molecule has 0 saturated heterocycles.